The van der Waals surface area contributed by atoms with E-state index < -0.39 is 0 Å². The van der Waals surface area contributed by atoms with Gasteiger partial charge in [0.15, 0.2) is 0 Å². The first-order chi connectivity index (χ1) is 9.18. The lowest BCUT2D eigenvalue weighted by atomic mass is 10.1. The van der Waals surface area contributed by atoms with Crippen molar-refractivity contribution in [3.05, 3.63) is 69.1 Å². The van der Waals surface area contributed by atoms with E-state index in [1.807, 2.05) is 54.6 Å². The first-order valence-corrected chi connectivity index (χ1v) is 7.24. The molecule has 3 heteroatoms. The van der Waals surface area contributed by atoms with Gasteiger partial charge in [0.1, 0.15) is 0 Å². The van der Waals surface area contributed by atoms with Gasteiger partial charge in [-0.3, -0.25) is 0 Å². The van der Waals surface area contributed by atoms with Gasteiger partial charge in [-0.15, -0.1) is 0 Å². The molecule has 0 aliphatic carbocycles. The Balaban J connectivity index is 2.43. The minimum absolute atomic E-state index is 0.705. The van der Waals surface area contributed by atoms with E-state index in [1.54, 1.807) is 0 Å². The summed E-state index contributed by atoms with van der Waals surface area (Å²) in [6.45, 7) is 0. The maximum atomic E-state index is 5.98. The lowest BCUT2D eigenvalue weighted by molar-refractivity contribution is 1.62. The Morgan fingerprint density at radius 1 is 0.895 bits per heavy atom. The van der Waals surface area contributed by atoms with Crippen molar-refractivity contribution in [2.24, 2.45) is 0 Å². The Hall–Kier alpha value is -1.50. The molecule has 0 saturated heterocycles. The van der Waals surface area contributed by atoms with Crippen LogP contribution >= 0.6 is 31.9 Å². The highest BCUT2D eigenvalue weighted by Gasteiger charge is 2.06. The number of anilines is 1. The molecule has 0 radical (unpaired) electrons. The van der Waals surface area contributed by atoms with Gasteiger partial charge in [0.05, 0.1) is 8.96 Å². The molecule has 0 unspecified atom stereocenters. The largest absolute Gasteiger partial charge is 0.398 e. The monoisotopic (exact) mass is 375 g/mol. The normalized spacial score (nSPS) is 9.37. The second-order valence-electron chi connectivity index (χ2n) is 3.84. The fourth-order valence-electron chi connectivity index (χ4n) is 1.60. The fourth-order valence-corrected chi connectivity index (χ4v) is 2.22. The van der Waals surface area contributed by atoms with E-state index in [9.17, 15) is 0 Å². The summed E-state index contributed by atoms with van der Waals surface area (Å²) < 4.78 is 0.793. The van der Waals surface area contributed by atoms with Crippen molar-refractivity contribution in [1.82, 2.24) is 0 Å². The third-order valence-corrected chi connectivity index (χ3v) is 3.32. The van der Waals surface area contributed by atoms with Gasteiger partial charge in [-0.05, 0) is 50.1 Å². The zero-order valence-corrected chi connectivity index (χ0v) is 13.2. The van der Waals surface area contributed by atoms with E-state index in [0.717, 1.165) is 20.1 Å². The van der Waals surface area contributed by atoms with Gasteiger partial charge in [0, 0.05) is 16.8 Å². The van der Waals surface area contributed by atoms with Gasteiger partial charge in [0.25, 0.3) is 0 Å². The zero-order chi connectivity index (χ0) is 13.7. The Labute approximate surface area is 129 Å². The van der Waals surface area contributed by atoms with Crippen molar-refractivity contribution >= 4 is 43.1 Å². The minimum atomic E-state index is 0.705. The predicted octanol–water partition coefficient (Wildman–Crippen LogP) is 4.78. The average molecular weight is 377 g/mol. The number of hydrogen-bond donors (Lipinski definition) is 1. The summed E-state index contributed by atoms with van der Waals surface area (Å²) in [6.07, 6.45) is 0. The second kappa shape index (κ2) is 6.60. The van der Waals surface area contributed by atoms with Crippen molar-refractivity contribution in [3.8, 4) is 11.8 Å². The SMILES string of the molecule is Nc1ccccc1C(C#Cc1ccccc1)=C(Br)Br. The topological polar surface area (TPSA) is 26.0 Å². The molecule has 0 spiro atoms. The molecule has 0 bridgehead atoms. The van der Waals surface area contributed by atoms with Crippen LogP contribution in [0.2, 0.25) is 0 Å². The molecule has 0 aromatic heterocycles. The average Bonchev–Trinajstić information content (AvgIpc) is 2.42. The molecule has 0 heterocycles. The third-order valence-electron chi connectivity index (χ3n) is 2.52. The number of nitrogen functional groups attached to an aromatic ring is 1. The summed E-state index contributed by atoms with van der Waals surface area (Å²) in [4.78, 5) is 0. The van der Waals surface area contributed by atoms with Crippen LogP contribution in [-0.2, 0) is 0 Å². The van der Waals surface area contributed by atoms with Gasteiger partial charge in [-0.2, -0.15) is 0 Å². The first kappa shape index (κ1) is 13.9. The molecular weight excluding hydrogens is 366 g/mol. The van der Waals surface area contributed by atoms with Crippen LogP contribution in [0.15, 0.2) is 58.0 Å². The molecular formula is C16H11Br2N. The van der Waals surface area contributed by atoms with Crippen molar-refractivity contribution < 1.29 is 0 Å². The van der Waals surface area contributed by atoms with E-state index in [4.69, 9.17) is 5.73 Å². The number of hydrogen-bond acceptors (Lipinski definition) is 1. The van der Waals surface area contributed by atoms with Crippen LogP contribution in [0.5, 0.6) is 0 Å². The molecule has 2 rings (SSSR count). The maximum Gasteiger partial charge on any atom is 0.0767 e. The van der Waals surface area contributed by atoms with Crippen molar-refractivity contribution in [2.75, 3.05) is 5.73 Å². The third kappa shape index (κ3) is 3.73. The quantitative estimate of drug-likeness (QED) is 0.562. The molecule has 0 amide bonds. The van der Waals surface area contributed by atoms with Crippen molar-refractivity contribution in [3.63, 3.8) is 0 Å². The number of halogens is 2. The molecule has 19 heavy (non-hydrogen) atoms. The molecule has 94 valence electrons. The Bertz CT molecular complexity index is 660. The zero-order valence-electron chi connectivity index (χ0n) is 10.0. The van der Waals surface area contributed by atoms with Crippen LogP contribution in [-0.4, -0.2) is 0 Å². The summed E-state index contributed by atoms with van der Waals surface area (Å²) in [7, 11) is 0. The summed E-state index contributed by atoms with van der Waals surface area (Å²) in [5.74, 6) is 6.28. The second-order valence-corrected chi connectivity index (χ2v) is 6.49. The van der Waals surface area contributed by atoms with Gasteiger partial charge in [-0.25, -0.2) is 0 Å². The molecule has 0 aliphatic heterocycles. The molecule has 0 atom stereocenters. The van der Waals surface area contributed by atoms with Crippen molar-refractivity contribution in [2.45, 2.75) is 0 Å². The van der Waals surface area contributed by atoms with Crippen LogP contribution in [0.25, 0.3) is 5.57 Å². The highest BCUT2D eigenvalue weighted by molar-refractivity contribution is 9.28. The standard InChI is InChI=1S/C16H11Br2N/c17-16(18)14(13-8-4-5-9-15(13)19)11-10-12-6-2-1-3-7-12/h1-9H,19H2. The van der Waals surface area contributed by atoms with Crippen LogP contribution in [0.1, 0.15) is 11.1 Å². The highest BCUT2D eigenvalue weighted by atomic mass is 79.9. The van der Waals surface area contributed by atoms with Crippen LogP contribution in [0.3, 0.4) is 0 Å². The van der Waals surface area contributed by atoms with Crippen LogP contribution < -0.4 is 5.73 Å². The van der Waals surface area contributed by atoms with Gasteiger partial charge < -0.3 is 5.73 Å². The summed E-state index contributed by atoms with van der Waals surface area (Å²) in [5.41, 5.74) is 9.40. The molecule has 0 fully saturated rings. The first-order valence-electron chi connectivity index (χ1n) is 5.65. The van der Waals surface area contributed by atoms with Crippen molar-refractivity contribution in [1.29, 1.82) is 0 Å². The van der Waals surface area contributed by atoms with Crippen LogP contribution in [0.4, 0.5) is 5.69 Å². The van der Waals surface area contributed by atoms with E-state index in [0.29, 0.717) is 5.69 Å². The molecule has 0 aliphatic rings. The molecule has 0 saturated carbocycles. The highest BCUT2D eigenvalue weighted by Crippen LogP contribution is 2.30. The lowest BCUT2D eigenvalue weighted by Gasteiger charge is -2.04. The number of para-hydroxylation sites is 1. The Morgan fingerprint density at radius 3 is 2.16 bits per heavy atom. The van der Waals surface area contributed by atoms with Gasteiger partial charge >= 0.3 is 0 Å². The van der Waals surface area contributed by atoms with Crippen LogP contribution in [0, 0.1) is 11.8 Å². The van der Waals surface area contributed by atoms with E-state index in [1.165, 1.54) is 0 Å². The maximum absolute atomic E-state index is 5.98. The Morgan fingerprint density at radius 2 is 1.53 bits per heavy atom. The number of benzene rings is 2. The predicted molar refractivity (Wildman–Crippen MR) is 88.9 cm³/mol. The molecule has 2 N–H and O–H groups in total. The summed E-state index contributed by atoms with van der Waals surface area (Å²) in [5, 5.41) is 0. The minimum Gasteiger partial charge on any atom is -0.398 e. The van der Waals surface area contributed by atoms with E-state index in [-0.39, 0.29) is 0 Å². The summed E-state index contributed by atoms with van der Waals surface area (Å²) in [6, 6.07) is 17.5. The molecule has 1 nitrogen and oxygen atoms in total. The molecule has 2 aromatic rings. The van der Waals surface area contributed by atoms with E-state index in [2.05, 4.69) is 43.7 Å². The number of nitrogens with two attached hydrogens (primary N) is 1. The fraction of sp³-hybridized carbons (Fsp3) is 0. The van der Waals surface area contributed by atoms with Gasteiger partial charge in [0.2, 0.25) is 0 Å². The summed E-state index contributed by atoms with van der Waals surface area (Å²) >= 11 is 6.85. The Kier molecular flexibility index (Phi) is 4.84. The van der Waals surface area contributed by atoms with E-state index >= 15 is 0 Å². The number of allylic oxidation sites excluding steroid dienone is 1. The van der Waals surface area contributed by atoms with Gasteiger partial charge in [-0.1, -0.05) is 48.2 Å². The lowest BCUT2D eigenvalue weighted by Crippen LogP contribution is -1.92. The number of rotatable bonds is 1. The molecule has 2 aromatic carbocycles. The smallest absolute Gasteiger partial charge is 0.0767 e.